The lowest BCUT2D eigenvalue weighted by molar-refractivity contribution is 0.889. The predicted octanol–water partition coefficient (Wildman–Crippen LogP) is 3.68. The number of rotatable bonds is 2. The Balaban J connectivity index is 1.84. The summed E-state index contributed by atoms with van der Waals surface area (Å²) in [6.45, 7) is 0. The molecule has 0 radical (unpaired) electrons. The lowest BCUT2D eigenvalue weighted by atomic mass is 10.1. The SMILES string of the molecule is Nc1ccc(-c2nc3sc(C4CC4)nn3c2Br)cc1. The minimum absolute atomic E-state index is 0.665. The largest absolute Gasteiger partial charge is 0.399 e. The number of benzene rings is 1. The van der Waals surface area contributed by atoms with Gasteiger partial charge in [-0.25, -0.2) is 4.98 Å². The first kappa shape index (κ1) is 11.4. The summed E-state index contributed by atoms with van der Waals surface area (Å²) in [5, 5.41) is 5.84. The van der Waals surface area contributed by atoms with Crippen molar-refractivity contribution in [2.75, 3.05) is 5.73 Å². The molecule has 2 aromatic heterocycles. The number of nitrogens with zero attached hydrogens (tertiary/aromatic N) is 3. The number of aromatic nitrogens is 3. The molecule has 2 N–H and O–H groups in total. The second-order valence-corrected chi connectivity index (χ2v) is 6.52. The van der Waals surface area contributed by atoms with Crippen LogP contribution in [0.2, 0.25) is 0 Å². The van der Waals surface area contributed by atoms with Gasteiger partial charge in [-0.05, 0) is 40.9 Å². The summed E-state index contributed by atoms with van der Waals surface area (Å²) < 4.78 is 2.81. The molecule has 4 nitrogen and oxygen atoms in total. The molecule has 0 saturated heterocycles. The summed E-state index contributed by atoms with van der Waals surface area (Å²) in [5.41, 5.74) is 8.44. The minimum Gasteiger partial charge on any atom is -0.399 e. The number of hydrogen-bond acceptors (Lipinski definition) is 4. The van der Waals surface area contributed by atoms with E-state index in [1.807, 2.05) is 28.8 Å². The monoisotopic (exact) mass is 334 g/mol. The molecule has 0 aliphatic heterocycles. The van der Waals surface area contributed by atoms with Crippen LogP contribution in [0.4, 0.5) is 5.69 Å². The van der Waals surface area contributed by atoms with Crippen molar-refractivity contribution in [2.24, 2.45) is 0 Å². The first-order valence-corrected chi connectivity index (χ1v) is 7.74. The molecular formula is C13H11BrN4S. The van der Waals surface area contributed by atoms with Crippen LogP contribution in [0, 0.1) is 0 Å². The zero-order valence-corrected chi connectivity index (χ0v) is 12.4. The second kappa shape index (κ2) is 4.05. The smallest absolute Gasteiger partial charge is 0.213 e. The molecule has 2 heterocycles. The van der Waals surface area contributed by atoms with E-state index in [1.54, 1.807) is 11.3 Å². The molecule has 6 heteroatoms. The summed E-state index contributed by atoms with van der Waals surface area (Å²) in [7, 11) is 0. The maximum absolute atomic E-state index is 5.71. The fraction of sp³-hybridized carbons (Fsp3) is 0.231. The van der Waals surface area contributed by atoms with E-state index in [-0.39, 0.29) is 0 Å². The Kier molecular flexibility index (Phi) is 2.43. The van der Waals surface area contributed by atoms with E-state index in [1.165, 1.54) is 17.8 Å². The number of anilines is 1. The molecule has 1 saturated carbocycles. The van der Waals surface area contributed by atoms with Gasteiger partial charge in [0.2, 0.25) is 4.96 Å². The van der Waals surface area contributed by atoms with Gasteiger partial charge in [0.15, 0.2) is 0 Å². The van der Waals surface area contributed by atoms with Crippen LogP contribution in [0.1, 0.15) is 23.8 Å². The van der Waals surface area contributed by atoms with Gasteiger partial charge in [0.25, 0.3) is 0 Å². The fourth-order valence-corrected chi connectivity index (χ4v) is 3.81. The molecule has 4 rings (SSSR count). The van der Waals surface area contributed by atoms with Crippen molar-refractivity contribution in [2.45, 2.75) is 18.8 Å². The van der Waals surface area contributed by atoms with Crippen LogP contribution in [0.15, 0.2) is 28.9 Å². The topological polar surface area (TPSA) is 56.2 Å². The van der Waals surface area contributed by atoms with Crippen LogP contribution < -0.4 is 5.73 Å². The van der Waals surface area contributed by atoms with Crippen LogP contribution in [0.25, 0.3) is 16.2 Å². The molecule has 96 valence electrons. The van der Waals surface area contributed by atoms with E-state index in [2.05, 4.69) is 26.0 Å². The van der Waals surface area contributed by atoms with E-state index in [4.69, 9.17) is 5.73 Å². The van der Waals surface area contributed by atoms with Gasteiger partial charge in [0, 0.05) is 17.2 Å². The molecule has 0 atom stereocenters. The van der Waals surface area contributed by atoms with E-state index in [0.29, 0.717) is 5.92 Å². The highest BCUT2D eigenvalue weighted by atomic mass is 79.9. The number of nitrogens with two attached hydrogens (primary N) is 1. The quantitative estimate of drug-likeness (QED) is 0.727. The number of imidazole rings is 1. The van der Waals surface area contributed by atoms with Gasteiger partial charge in [0.1, 0.15) is 15.3 Å². The third-order valence-corrected chi connectivity index (χ3v) is 5.06. The Morgan fingerprint density at radius 2 is 2.00 bits per heavy atom. The first-order chi connectivity index (χ1) is 9.22. The van der Waals surface area contributed by atoms with Gasteiger partial charge in [0.05, 0.1) is 0 Å². The van der Waals surface area contributed by atoms with Crippen molar-refractivity contribution in [3.8, 4) is 11.3 Å². The summed E-state index contributed by atoms with van der Waals surface area (Å²) in [4.78, 5) is 5.62. The first-order valence-electron chi connectivity index (χ1n) is 6.13. The van der Waals surface area contributed by atoms with Crippen LogP contribution in [0.5, 0.6) is 0 Å². The van der Waals surface area contributed by atoms with Crippen LogP contribution in [0.3, 0.4) is 0 Å². The molecule has 1 aliphatic carbocycles. The molecule has 3 aromatic rings. The predicted molar refractivity (Wildman–Crippen MR) is 80.4 cm³/mol. The van der Waals surface area contributed by atoms with E-state index in [9.17, 15) is 0 Å². The second-order valence-electron chi connectivity index (χ2n) is 4.78. The highest BCUT2D eigenvalue weighted by Gasteiger charge is 2.28. The summed E-state index contributed by atoms with van der Waals surface area (Å²) in [6.07, 6.45) is 2.53. The van der Waals surface area contributed by atoms with Gasteiger partial charge in [-0.1, -0.05) is 23.5 Å². The Labute approximate surface area is 122 Å². The standard InChI is InChI=1S/C13H11BrN4S/c14-11-10(7-3-5-9(15)6-4-7)16-13-18(11)17-12(19-13)8-1-2-8/h3-6,8H,1-2,15H2. The molecule has 0 unspecified atom stereocenters. The van der Waals surface area contributed by atoms with Gasteiger partial charge in [-0.15, -0.1) is 0 Å². The van der Waals surface area contributed by atoms with Crippen LogP contribution >= 0.6 is 27.3 Å². The number of halogens is 1. The Morgan fingerprint density at radius 3 is 2.63 bits per heavy atom. The maximum atomic E-state index is 5.71. The maximum Gasteiger partial charge on any atom is 0.213 e. The van der Waals surface area contributed by atoms with E-state index < -0.39 is 0 Å². The van der Waals surface area contributed by atoms with Crippen LogP contribution in [-0.4, -0.2) is 14.6 Å². The van der Waals surface area contributed by atoms with Crippen molar-refractivity contribution < 1.29 is 0 Å². The molecule has 0 bridgehead atoms. The van der Waals surface area contributed by atoms with Crippen molar-refractivity contribution >= 4 is 37.9 Å². The van der Waals surface area contributed by atoms with Gasteiger partial charge in [-0.3, -0.25) is 0 Å². The Morgan fingerprint density at radius 1 is 1.26 bits per heavy atom. The minimum atomic E-state index is 0.665. The van der Waals surface area contributed by atoms with Crippen molar-refractivity contribution in [3.05, 3.63) is 33.9 Å². The van der Waals surface area contributed by atoms with Crippen molar-refractivity contribution in [1.82, 2.24) is 14.6 Å². The fourth-order valence-electron chi connectivity index (χ4n) is 2.06. The summed E-state index contributed by atoms with van der Waals surface area (Å²) in [6, 6.07) is 7.74. The average molecular weight is 335 g/mol. The van der Waals surface area contributed by atoms with E-state index >= 15 is 0 Å². The Bertz CT molecular complexity index is 755. The summed E-state index contributed by atoms with van der Waals surface area (Å²) in [5.74, 6) is 0.665. The molecule has 1 fully saturated rings. The van der Waals surface area contributed by atoms with Gasteiger partial charge in [-0.2, -0.15) is 9.61 Å². The van der Waals surface area contributed by atoms with Crippen molar-refractivity contribution in [3.63, 3.8) is 0 Å². The zero-order valence-electron chi connectivity index (χ0n) is 10.0. The lowest BCUT2D eigenvalue weighted by Crippen LogP contribution is -1.88. The van der Waals surface area contributed by atoms with Gasteiger partial charge < -0.3 is 5.73 Å². The van der Waals surface area contributed by atoms with Gasteiger partial charge >= 0.3 is 0 Å². The summed E-state index contributed by atoms with van der Waals surface area (Å²) >= 11 is 5.29. The van der Waals surface area contributed by atoms with Crippen LogP contribution in [-0.2, 0) is 0 Å². The zero-order chi connectivity index (χ0) is 13.0. The third-order valence-electron chi connectivity index (χ3n) is 3.28. The van der Waals surface area contributed by atoms with Crippen molar-refractivity contribution in [1.29, 1.82) is 0 Å². The molecule has 0 amide bonds. The molecular weight excluding hydrogens is 324 g/mol. The van der Waals surface area contributed by atoms with E-state index in [0.717, 1.165) is 26.5 Å². The number of fused-ring (bicyclic) bond motifs is 1. The number of nitrogen functional groups attached to an aromatic ring is 1. The normalized spacial score (nSPS) is 15.2. The molecule has 19 heavy (non-hydrogen) atoms. The highest BCUT2D eigenvalue weighted by molar-refractivity contribution is 9.10. The molecule has 1 aliphatic rings. The third kappa shape index (κ3) is 1.86. The molecule has 1 aromatic carbocycles. The Hall–Kier alpha value is -1.40. The average Bonchev–Trinajstić information content (AvgIpc) is 3.10. The molecule has 0 spiro atoms. The number of hydrogen-bond donors (Lipinski definition) is 1. The lowest BCUT2D eigenvalue weighted by Gasteiger charge is -1.98. The highest BCUT2D eigenvalue weighted by Crippen LogP contribution is 2.43.